The molecule has 6 atom stereocenters. The highest BCUT2D eigenvalue weighted by Gasteiger charge is 2.50. The van der Waals surface area contributed by atoms with E-state index in [0.717, 1.165) is 10.5 Å². The third kappa shape index (κ3) is 4.06. The first-order chi connectivity index (χ1) is 13.3. The van der Waals surface area contributed by atoms with Crippen molar-refractivity contribution in [2.45, 2.75) is 41.0 Å². The minimum absolute atomic E-state index is 0.205. The lowest BCUT2D eigenvalue weighted by molar-refractivity contribution is -0.323. The maximum atomic E-state index is 6.32. The highest BCUT2D eigenvalue weighted by Crippen LogP contribution is 2.40. The summed E-state index contributed by atoms with van der Waals surface area (Å²) in [5.41, 5.74) is 0.782. The second kappa shape index (κ2) is 8.73. The standard InChI is InChI=1S/C21H24O5S/c1-22-18-17-16(13-24-20(26-17)14-9-5-3-6-10-14)25-21(19(18)23-2)27-15-11-7-4-8-12-15/h3-12,16-21H,13H2,1-2H3. The summed E-state index contributed by atoms with van der Waals surface area (Å²) in [4.78, 5) is 1.12. The quantitative estimate of drug-likeness (QED) is 0.779. The Morgan fingerprint density at radius 3 is 2.19 bits per heavy atom. The molecule has 2 saturated heterocycles. The number of ether oxygens (including phenoxy) is 5. The monoisotopic (exact) mass is 388 g/mol. The zero-order valence-electron chi connectivity index (χ0n) is 15.4. The minimum Gasteiger partial charge on any atom is -0.376 e. The number of methoxy groups -OCH3 is 2. The van der Waals surface area contributed by atoms with Gasteiger partial charge >= 0.3 is 0 Å². The van der Waals surface area contributed by atoms with Crippen LogP contribution in [0.1, 0.15) is 11.9 Å². The molecule has 2 heterocycles. The van der Waals surface area contributed by atoms with E-state index in [-0.39, 0.29) is 29.9 Å². The lowest BCUT2D eigenvalue weighted by atomic mass is 9.98. The van der Waals surface area contributed by atoms with Gasteiger partial charge in [0.2, 0.25) is 0 Å². The first-order valence-corrected chi connectivity index (χ1v) is 9.93. The zero-order chi connectivity index (χ0) is 18.6. The van der Waals surface area contributed by atoms with Gasteiger partial charge in [0.1, 0.15) is 29.9 Å². The van der Waals surface area contributed by atoms with Gasteiger partial charge < -0.3 is 23.7 Å². The van der Waals surface area contributed by atoms with Gasteiger partial charge in [-0.3, -0.25) is 0 Å². The van der Waals surface area contributed by atoms with Crippen LogP contribution in [0.5, 0.6) is 0 Å². The summed E-state index contributed by atoms with van der Waals surface area (Å²) < 4.78 is 30.1. The van der Waals surface area contributed by atoms with E-state index in [1.165, 1.54) is 0 Å². The summed E-state index contributed by atoms with van der Waals surface area (Å²) in [6.07, 6.45) is -1.39. The number of hydrogen-bond acceptors (Lipinski definition) is 6. The fourth-order valence-corrected chi connectivity index (χ4v) is 4.75. The Morgan fingerprint density at radius 2 is 1.52 bits per heavy atom. The molecule has 0 saturated carbocycles. The molecule has 2 aliphatic heterocycles. The lowest BCUT2D eigenvalue weighted by Crippen LogP contribution is -2.62. The number of thioether (sulfide) groups is 1. The summed E-state index contributed by atoms with van der Waals surface area (Å²) in [7, 11) is 3.38. The third-order valence-corrected chi connectivity index (χ3v) is 6.05. The van der Waals surface area contributed by atoms with Gasteiger partial charge in [0.15, 0.2) is 6.29 Å². The van der Waals surface area contributed by atoms with Crippen molar-refractivity contribution in [1.29, 1.82) is 0 Å². The highest BCUT2D eigenvalue weighted by molar-refractivity contribution is 7.99. The third-order valence-electron chi connectivity index (χ3n) is 4.90. The average Bonchev–Trinajstić information content (AvgIpc) is 2.73. The van der Waals surface area contributed by atoms with E-state index in [9.17, 15) is 0 Å². The summed E-state index contributed by atoms with van der Waals surface area (Å²) in [6, 6.07) is 20.1. The molecule has 0 aliphatic carbocycles. The van der Waals surface area contributed by atoms with E-state index in [4.69, 9.17) is 23.7 Å². The topological polar surface area (TPSA) is 46.2 Å². The molecule has 0 bridgehead atoms. The Hall–Kier alpha value is -1.41. The molecular formula is C21H24O5S. The van der Waals surface area contributed by atoms with Gasteiger partial charge in [-0.15, -0.1) is 0 Å². The largest absolute Gasteiger partial charge is 0.376 e. The molecular weight excluding hydrogens is 364 g/mol. The average molecular weight is 388 g/mol. The molecule has 6 heteroatoms. The van der Waals surface area contributed by atoms with Crippen LogP contribution < -0.4 is 0 Å². The molecule has 0 aromatic heterocycles. The van der Waals surface area contributed by atoms with E-state index in [0.29, 0.717) is 6.61 Å². The van der Waals surface area contributed by atoms with Crippen LogP contribution in [-0.2, 0) is 23.7 Å². The molecule has 4 rings (SSSR count). The Labute approximate surface area is 163 Å². The molecule has 0 N–H and O–H groups in total. The first kappa shape index (κ1) is 18.9. The summed E-state index contributed by atoms with van der Waals surface area (Å²) in [5.74, 6) is 0. The maximum absolute atomic E-state index is 6.32. The summed E-state index contributed by atoms with van der Waals surface area (Å²) >= 11 is 1.63. The van der Waals surface area contributed by atoms with Crippen molar-refractivity contribution in [1.82, 2.24) is 0 Å². The number of benzene rings is 2. The van der Waals surface area contributed by atoms with Crippen LogP contribution in [0.2, 0.25) is 0 Å². The van der Waals surface area contributed by atoms with Gasteiger partial charge in [-0.2, -0.15) is 0 Å². The number of rotatable bonds is 5. The molecule has 2 fully saturated rings. The Bertz CT molecular complexity index is 713. The van der Waals surface area contributed by atoms with Crippen LogP contribution in [0.15, 0.2) is 65.6 Å². The number of hydrogen-bond donors (Lipinski definition) is 0. The van der Waals surface area contributed by atoms with Crippen molar-refractivity contribution in [3.8, 4) is 0 Å². The molecule has 0 spiro atoms. The second-order valence-electron chi connectivity index (χ2n) is 6.55. The van der Waals surface area contributed by atoms with Crippen LogP contribution in [0, 0.1) is 0 Å². The number of fused-ring (bicyclic) bond motifs is 1. The van der Waals surface area contributed by atoms with E-state index in [1.807, 2.05) is 48.5 Å². The molecule has 2 aromatic carbocycles. The smallest absolute Gasteiger partial charge is 0.184 e. The van der Waals surface area contributed by atoms with Gasteiger partial charge in [0.05, 0.1) is 6.61 Å². The molecule has 2 aromatic rings. The fourth-order valence-electron chi connectivity index (χ4n) is 3.57. The van der Waals surface area contributed by atoms with Crippen molar-refractivity contribution >= 4 is 11.8 Å². The van der Waals surface area contributed by atoms with Crippen LogP contribution >= 0.6 is 11.8 Å². The van der Waals surface area contributed by atoms with E-state index in [1.54, 1.807) is 26.0 Å². The van der Waals surface area contributed by atoms with Crippen LogP contribution in [0.4, 0.5) is 0 Å². The second-order valence-corrected chi connectivity index (χ2v) is 7.72. The fraction of sp³-hybridized carbons (Fsp3) is 0.429. The van der Waals surface area contributed by atoms with Crippen LogP contribution in [0.25, 0.3) is 0 Å². The molecule has 2 aliphatic rings. The van der Waals surface area contributed by atoms with Gasteiger partial charge in [-0.05, 0) is 12.1 Å². The Kier molecular flexibility index (Phi) is 6.12. The predicted octanol–water partition coefficient (Wildman–Crippen LogP) is 3.65. The molecule has 5 nitrogen and oxygen atoms in total. The Balaban J connectivity index is 1.52. The lowest BCUT2D eigenvalue weighted by Gasteiger charge is -2.48. The van der Waals surface area contributed by atoms with Crippen molar-refractivity contribution in [2.24, 2.45) is 0 Å². The van der Waals surface area contributed by atoms with Crippen molar-refractivity contribution in [3.63, 3.8) is 0 Å². The summed E-state index contributed by atoms with van der Waals surface area (Å²) in [6.45, 7) is 0.451. The normalized spacial score (nSPS) is 33.4. The van der Waals surface area contributed by atoms with Gasteiger partial charge in [0, 0.05) is 24.7 Å². The van der Waals surface area contributed by atoms with E-state index < -0.39 is 6.29 Å². The van der Waals surface area contributed by atoms with Gasteiger partial charge in [-0.25, -0.2) is 0 Å². The highest BCUT2D eigenvalue weighted by atomic mass is 32.2. The van der Waals surface area contributed by atoms with Gasteiger partial charge in [0.25, 0.3) is 0 Å². The first-order valence-electron chi connectivity index (χ1n) is 9.05. The zero-order valence-corrected chi connectivity index (χ0v) is 16.2. The predicted molar refractivity (Wildman–Crippen MR) is 103 cm³/mol. The van der Waals surface area contributed by atoms with E-state index >= 15 is 0 Å². The molecule has 144 valence electrons. The summed E-state index contributed by atoms with van der Waals surface area (Å²) in [5, 5.41) is 0. The van der Waals surface area contributed by atoms with Crippen molar-refractivity contribution < 1.29 is 23.7 Å². The SMILES string of the molecule is COC1C(Sc2ccccc2)OC2COC(c3ccccc3)OC2C1OC. The Morgan fingerprint density at radius 1 is 0.852 bits per heavy atom. The molecule has 0 amide bonds. The van der Waals surface area contributed by atoms with Crippen LogP contribution in [-0.4, -0.2) is 50.7 Å². The maximum Gasteiger partial charge on any atom is 0.184 e. The molecule has 27 heavy (non-hydrogen) atoms. The molecule has 6 unspecified atom stereocenters. The van der Waals surface area contributed by atoms with Crippen LogP contribution in [0.3, 0.4) is 0 Å². The van der Waals surface area contributed by atoms with Crippen molar-refractivity contribution in [3.05, 3.63) is 66.2 Å². The molecule has 0 radical (unpaired) electrons. The minimum atomic E-state index is -0.426. The van der Waals surface area contributed by atoms with E-state index in [2.05, 4.69) is 12.1 Å². The van der Waals surface area contributed by atoms with Crippen molar-refractivity contribution in [2.75, 3.05) is 20.8 Å². The van der Waals surface area contributed by atoms with Gasteiger partial charge in [-0.1, -0.05) is 60.3 Å².